The molecule has 0 aliphatic heterocycles. The SMILES string of the molecule is COc1cc(OC)c(F)c(N(Cc2nccn2S(=O)(=O)N(C)C)C2=Cc3c(ncn(-c4cccnc4)c3=O)C(C)C2)c1. The number of halogens is 1. The van der Waals surface area contributed by atoms with Gasteiger partial charge in [0.2, 0.25) is 0 Å². The zero-order chi connectivity index (χ0) is 30.2. The molecule has 0 saturated carbocycles. The zero-order valence-electron chi connectivity index (χ0n) is 23.7. The minimum Gasteiger partial charge on any atom is -0.497 e. The summed E-state index contributed by atoms with van der Waals surface area (Å²) in [5.41, 5.74) is 1.76. The van der Waals surface area contributed by atoms with Crippen LogP contribution < -0.4 is 19.9 Å². The molecule has 14 heteroatoms. The third-order valence-electron chi connectivity index (χ3n) is 7.03. The number of hydrogen-bond donors (Lipinski definition) is 0. The van der Waals surface area contributed by atoms with Crippen molar-refractivity contribution < 1.29 is 22.3 Å². The van der Waals surface area contributed by atoms with E-state index in [-0.39, 0.29) is 35.3 Å². The van der Waals surface area contributed by atoms with Crippen molar-refractivity contribution in [2.45, 2.75) is 25.8 Å². The fraction of sp³-hybridized carbons (Fsp3) is 0.286. The Morgan fingerprint density at radius 3 is 2.60 bits per heavy atom. The molecule has 220 valence electrons. The van der Waals surface area contributed by atoms with Crippen LogP contribution in [0.1, 0.15) is 36.3 Å². The summed E-state index contributed by atoms with van der Waals surface area (Å²) in [6, 6.07) is 6.37. The smallest absolute Gasteiger partial charge is 0.308 e. The van der Waals surface area contributed by atoms with Crippen molar-refractivity contribution >= 4 is 22.0 Å². The van der Waals surface area contributed by atoms with Crippen LogP contribution in [-0.2, 0) is 16.8 Å². The van der Waals surface area contributed by atoms with Crippen LogP contribution in [0.3, 0.4) is 0 Å². The lowest BCUT2D eigenvalue weighted by Gasteiger charge is -2.32. The predicted octanol–water partition coefficient (Wildman–Crippen LogP) is 3.19. The maximum absolute atomic E-state index is 16.0. The first-order valence-corrected chi connectivity index (χ1v) is 14.3. The average molecular weight is 596 g/mol. The topological polar surface area (TPSA) is 125 Å². The van der Waals surface area contributed by atoms with Gasteiger partial charge in [0, 0.05) is 56.4 Å². The molecule has 3 heterocycles. The molecule has 1 aliphatic carbocycles. The van der Waals surface area contributed by atoms with Gasteiger partial charge in [-0.25, -0.2) is 18.3 Å². The zero-order valence-corrected chi connectivity index (χ0v) is 24.5. The first-order chi connectivity index (χ1) is 20.1. The number of benzene rings is 1. The Morgan fingerprint density at radius 2 is 1.93 bits per heavy atom. The number of ether oxygens (including phenoxy) is 2. The number of hydrogen-bond acceptors (Lipinski definition) is 9. The summed E-state index contributed by atoms with van der Waals surface area (Å²) in [5.74, 6) is -0.528. The van der Waals surface area contributed by atoms with Gasteiger partial charge in [0.1, 0.15) is 17.9 Å². The highest BCUT2D eigenvalue weighted by Gasteiger charge is 2.30. The molecule has 0 radical (unpaired) electrons. The molecule has 0 fully saturated rings. The Bertz CT molecular complexity index is 1820. The Labute approximate surface area is 242 Å². The summed E-state index contributed by atoms with van der Waals surface area (Å²) in [5, 5.41) is 0. The molecule has 0 spiro atoms. The van der Waals surface area contributed by atoms with Crippen LogP contribution in [-0.4, -0.2) is 64.5 Å². The largest absolute Gasteiger partial charge is 0.497 e. The van der Waals surface area contributed by atoms with Gasteiger partial charge in [-0.3, -0.25) is 14.3 Å². The number of rotatable bonds is 9. The Balaban J connectivity index is 1.72. The van der Waals surface area contributed by atoms with Gasteiger partial charge in [0.15, 0.2) is 11.6 Å². The number of nitrogens with zero attached hydrogens (tertiary/aromatic N) is 7. The molecule has 0 N–H and O–H groups in total. The minimum absolute atomic E-state index is 0.0568. The van der Waals surface area contributed by atoms with Crippen molar-refractivity contribution in [1.29, 1.82) is 0 Å². The molecular weight excluding hydrogens is 565 g/mol. The fourth-order valence-electron chi connectivity index (χ4n) is 4.84. The van der Waals surface area contributed by atoms with Gasteiger partial charge < -0.3 is 14.4 Å². The molecule has 0 saturated heterocycles. The van der Waals surface area contributed by atoms with Crippen molar-refractivity contribution in [3.63, 3.8) is 0 Å². The van der Waals surface area contributed by atoms with Gasteiger partial charge in [-0.1, -0.05) is 6.92 Å². The van der Waals surface area contributed by atoms with E-state index in [2.05, 4.69) is 15.0 Å². The van der Waals surface area contributed by atoms with Crippen LogP contribution >= 0.6 is 0 Å². The Morgan fingerprint density at radius 1 is 1.14 bits per heavy atom. The number of imidazole rings is 1. The van der Waals surface area contributed by atoms with Crippen LogP contribution in [0.5, 0.6) is 11.5 Å². The minimum atomic E-state index is -3.93. The number of aromatic nitrogens is 5. The number of allylic oxidation sites excluding steroid dienone is 1. The monoisotopic (exact) mass is 595 g/mol. The summed E-state index contributed by atoms with van der Waals surface area (Å²) in [7, 11) is 1.67. The molecule has 1 atom stereocenters. The van der Waals surface area contributed by atoms with Crippen molar-refractivity contribution in [3.8, 4) is 17.2 Å². The fourth-order valence-corrected chi connectivity index (χ4v) is 5.77. The van der Waals surface area contributed by atoms with Gasteiger partial charge in [-0.2, -0.15) is 12.7 Å². The second-order valence-electron chi connectivity index (χ2n) is 9.85. The van der Waals surface area contributed by atoms with Crippen molar-refractivity contribution in [1.82, 2.24) is 27.8 Å². The van der Waals surface area contributed by atoms with Crippen molar-refractivity contribution in [2.75, 3.05) is 33.2 Å². The van der Waals surface area contributed by atoms with E-state index in [4.69, 9.17) is 9.47 Å². The normalized spacial score (nSPS) is 14.8. The molecule has 1 aliphatic rings. The maximum atomic E-state index is 16.0. The van der Waals surface area contributed by atoms with Gasteiger partial charge in [-0.15, -0.1) is 0 Å². The Kier molecular flexibility index (Phi) is 7.84. The lowest BCUT2D eigenvalue weighted by Crippen LogP contribution is -2.33. The van der Waals surface area contributed by atoms with Gasteiger partial charge in [0.05, 0.1) is 49.6 Å². The Hall–Kier alpha value is -4.56. The number of fused-ring (bicyclic) bond motifs is 1. The molecule has 0 amide bonds. The van der Waals surface area contributed by atoms with Crippen LogP contribution in [0.25, 0.3) is 11.8 Å². The maximum Gasteiger partial charge on any atom is 0.308 e. The first kappa shape index (κ1) is 29.0. The molecule has 12 nitrogen and oxygen atoms in total. The molecule has 0 bridgehead atoms. The summed E-state index contributed by atoms with van der Waals surface area (Å²) in [4.78, 5) is 28.3. The molecule has 5 rings (SSSR count). The summed E-state index contributed by atoms with van der Waals surface area (Å²) >= 11 is 0. The molecular formula is C28H30FN7O5S. The van der Waals surface area contributed by atoms with E-state index < -0.39 is 16.0 Å². The molecule has 3 aromatic heterocycles. The van der Waals surface area contributed by atoms with Crippen LogP contribution in [0.15, 0.2) is 65.9 Å². The lowest BCUT2D eigenvalue weighted by atomic mass is 9.90. The highest BCUT2D eigenvalue weighted by Crippen LogP contribution is 2.40. The van der Waals surface area contributed by atoms with E-state index in [9.17, 15) is 13.2 Å². The van der Waals surface area contributed by atoms with Gasteiger partial charge >= 0.3 is 10.2 Å². The molecule has 42 heavy (non-hydrogen) atoms. The third-order valence-corrected chi connectivity index (χ3v) is 8.78. The number of anilines is 1. The highest BCUT2D eigenvalue weighted by atomic mass is 32.2. The van der Waals surface area contributed by atoms with Crippen molar-refractivity contribution in [2.24, 2.45) is 0 Å². The van der Waals surface area contributed by atoms with Crippen molar-refractivity contribution in [3.05, 3.63) is 94.3 Å². The standard InChI is InChI=1S/C28H30FN7O5S/c1-18-11-20(12-22-27(18)32-17-35(28(22)37)19-7-6-8-30-15-19)34(23-13-21(40-4)14-24(41-5)26(23)29)16-25-31-9-10-36(25)42(38,39)33(2)3/h6-10,12-15,17-18H,11,16H2,1-5H3. The van der Waals surface area contributed by atoms with E-state index in [1.54, 1.807) is 35.5 Å². The molecule has 4 aromatic rings. The second kappa shape index (κ2) is 11.4. The third kappa shape index (κ3) is 5.14. The van der Waals surface area contributed by atoms with E-state index in [1.807, 2.05) is 6.92 Å². The quantitative estimate of drug-likeness (QED) is 0.287. The molecule has 1 unspecified atom stereocenters. The summed E-state index contributed by atoms with van der Waals surface area (Å²) in [6.45, 7) is 1.77. The average Bonchev–Trinajstić information content (AvgIpc) is 3.46. The highest BCUT2D eigenvalue weighted by molar-refractivity contribution is 7.87. The summed E-state index contributed by atoms with van der Waals surface area (Å²) in [6.07, 6.45) is 9.36. The van der Waals surface area contributed by atoms with E-state index in [0.717, 1.165) is 8.28 Å². The molecule has 1 aromatic carbocycles. The number of pyridine rings is 1. The van der Waals surface area contributed by atoms with E-state index >= 15 is 4.39 Å². The number of methoxy groups -OCH3 is 2. The van der Waals surface area contributed by atoms with E-state index in [0.29, 0.717) is 34.8 Å². The summed E-state index contributed by atoms with van der Waals surface area (Å²) < 4.78 is 56.2. The first-order valence-electron chi connectivity index (χ1n) is 12.9. The second-order valence-corrected chi connectivity index (χ2v) is 11.9. The van der Waals surface area contributed by atoms with Crippen LogP contribution in [0.4, 0.5) is 10.1 Å². The van der Waals surface area contributed by atoms with Crippen LogP contribution in [0, 0.1) is 5.82 Å². The predicted molar refractivity (Wildman–Crippen MR) is 155 cm³/mol. The lowest BCUT2D eigenvalue weighted by molar-refractivity contribution is 0.374. The van der Waals surface area contributed by atoms with Gasteiger partial charge in [0.25, 0.3) is 5.56 Å². The van der Waals surface area contributed by atoms with Crippen LogP contribution in [0.2, 0.25) is 0 Å². The van der Waals surface area contributed by atoms with E-state index in [1.165, 1.54) is 63.7 Å². The van der Waals surface area contributed by atoms with Gasteiger partial charge in [-0.05, 0) is 24.6 Å².